The number of nitrogens with one attached hydrogen (secondary N) is 2. The minimum absolute atomic E-state index is 0.0152. The fourth-order valence-corrected chi connectivity index (χ4v) is 14.2. The molecule has 3 aromatic carbocycles. The Hall–Kier alpha value is -9.58. The molecule has 0 bridgehead atoms. The first-order valence-corrected chi connectivity index (χ1v) is 41.6. The second kappa shape index (κ2) is 50.1. The molecular formula is C95H129N3O23. The Morgan fingerprint density at radius 1 is 0.496 bits per heavy atom. The number of amides is 2. The number of carboxylic acids is 1. The summed E-state index contributed by atoms with van der Waals surface area (Å²) < 4.78 is 65.9. The van der Waals surface area contributed by atoms with E-state index < -0.39 is 77.8 Å². The summed E-state index contributed by atoms with van der Waals surface area (Å²) in [5, 5.41) is 35.1. The number of aliphatic hydroxyl groups is 2. The number of carbonyl (C=O) groups is 8. The summed E-state index contributed by atoms with van der Waals surface area (Å²) in [6, 6.07) is 26.0. The van der Waals surface area contributed by atoms with E-state index in [0.717, 1.165) is 49.3 Å². The third-order valence-electron chi connectivity index (χ3n) is 22.1. The number of ether oxygens (including phenoxy) is 12. The number of esters is 5. The monoisotopic (exact) mass is 1680 g/mol. The number of aliphatic carboxylic acids is 1. The molecule has 0 radical (unpaired) electrons. The van der Waals surface area contributed by atoms with Gasteiger partial charge in [0.1, 0.15) is 53.9 Å². The first-order valence-electron chi connectivity index (χ1n) is 41.6. The van der Waals surface area contributed by atoms with Crippen molar-refractivity contribution in [1.82, 2.24) is 10.6 Å². The van der Waals surface area contributed by atoms with Crippen LogP contribution in [-0.4, -0.2) is 211 Å². The number of epoxide rings is 2. The summed E-state index contributed by atoms with van der Waals surface area (Å²) >= 11 is 0. The van der Waals surface area contributed by atoms with Crippen LogP contribution in [0, 0.1) is 17.8 Å². The molecule has 2 amide bonds. The number of carbonyl (C=O) groups excluding carboxylic acids is 7. The van der Waals surface area contributed by atoms with Gasteiger partial charge in [-0.2, -0.15) is 0 Å². The smallest absolute Gasteiger partial charge is 0.338 e. The Labute approximate surface area is 713 Å². The second-order valence-electron chi connectivity index (χ2n) is 32.1. The molecule has 0 aliphatic carbocycles. The van der Waals surface area contributed by atoms with Crippen molar-refractivity contribution < 1.29 is 111 Å². The molecule has 26 nitrogen and oxygen atoms in total. The Bertz CT molecular complexity index is 4070. The number of carboxylic acid groups (broad SMARTS) is 1. The molecule has 121 heavy (non-hydrogen) atoms. The average molecular weight is 1680 g/mol. The zero-order valence-corrected chi connectivity index (χ0v) is 72.6. The van der Waals surface area contributed by atoms with Gasteiger partial charge < -0.3 is 88.5 Å². The van der Waals surface area contributed by atoms with E-state index in [2.05, 4.69) is 88.0 Å². The van der Waals surface area contributed by atoms with Crippen LogP contribution in [0.2, 0.25) is 0 Å². The average Bonchev–Trinajstić information content (AvgIpc) is 1.60. The van der Waals surface area contributed by atoms with Gasteiger partial charge in [-0.15, -0.1) is 6.58 Å². The molecule has 3 unspecified atom stereocenters. The van der Waals surface area contributed by atoms with Gasteiger partial charge in [0.25, 0.3) is 0 Å². The standard InChI is InChI=1S/C34H45NO9.C25H33NO4.C13H23NO.C12H12O4.C11H16O5/c1-21(12-15-29-32(38)34(20-41-34)19-26(44-29)18-31(37)40-5)11-14-28-22(2)17-27(24(4)43-28)35-30(36)16-13-23(3)42-33(39)25-9-7-6-8-10-25;1-6-17(2)12-14-23-18(3)16-22(20(5)30-23)26-24(27)15-13-19(4)29-25(28)21-10-8-7-9-11-21;1-5-9(2)6-7-13-10(3)8-12(14)11(4)15-13;1-9(7-8-11(13)14)16-12(15)10-5-3-2-4-6-10;1-3-8-10(13)11(6-15-11)5-7(16-8)4-9(12)14-2/h6-13,15-16,22-24,26-29,32,38H,14,17-20H2,1-5H3,(H,35,36);6-13,15,18-20,22-23H,1,14,16H2,2-5H3,(H,26,27);5-6,10-13H,1,7-8,14H2,2-4H3;2-9H,1H3,(H,13,14);3,7-8,10,13H,1,4-6H2,2H3/b15-12+,16-13-,21-11+;15-13-,17-12+;9-6+;8-7-;/t22-,23?,24+,26+,27+,28-,29+,32+,34+;18-,19?,20+,22+,23-;10-,11+,12+,13-;;7-,8-,10-,11-/m000.1/s1. The summed E-state index contributed by atoms with van der Waals surface area (Å²) in [4.78, 5) is 93.9. The van der Waals surface area contributed by atoms with Gasteiger partial charge in [0.15, 0.2) is 0 Å². The highest BCUT2D eigenvalue weighted by Crippen LogP contribution is 2.45. The zero-order chi connectivity index (χ0) is 89.1. The number of hydrogen-bond donors (Lipinski definition) is 6. The molecule has 2 spiro atoms. The van der Waals surface area contributed by atoms with Crippen LogP contribution in [0.15, 0.2) is 213 Å². The van der Waals surface area contributed by atoms with Crippen LogP contribution in [0.5, 0.6) is 0 Å². The predicted molar refractivity (Wildman–Crippen MR) is 459 cm³/mol. The summed E-state index contributed by atoms with van der Waals surface area (Å²) in [6.45, 7) is 35.7. The molecule has 0 aromatic heterocycles. The first kappa shape index (κ1) is 100. The Balaban J connectivity index is 0.000000253. The lowest BCUT2D eigenvalue weighted by Crippen LogP contribution is -2.50. The minimum Gasteiger partial charge on any atom is -0.478 e. The van der Waals surface area contributed by atoms with Gasteiger partial charge in [-0.3, -0.25) is 19.2 Å². The zero-order valence-electron chi connectivity index (χ0n) is 72.6. The van der Waals surface area contributed by atoms with Gasteiger partial charge in [0.05, 0.1) is 118 Å². The Morgan fingerprint density at radius 2 is 0.835 bits per heavy atom. The number of benzene rings is 3. The third-order valence-corrected chi connectivity index (χ3v) is 22.1. The highest BCUT2D eigenvalue weighted by Gasteiger charge is 2.59. The van der Waals surface area contributed by atoms with Gasteiger partial charge >= 0.3 is 35.8 Å². The molecule has 23 atom stereocenters. The van der Waals surface area contributed by atoms with E-state index in [9.17, 15) is 48.6 Å². The van der Waals surface area contributed by atoms with Crippen molar-refractivity contribution >= 4 is 47.6 Å². The van der Waals surface area contributed by atoms with Crippen LogP contribution in [-0.2, 0) is 80.8 Å². The predicted octanol–water partition coefficient (Wildman–Crippen LogP) is 13.0. The van der Waals surface area contributed by atoms with E-state index in [1.165, 1.54) is 44.1 Å². The first-order chi connectivity index (χ1) is 57.5. The highest BCUT2D eigenvalue weighted by atomic mass is 16.6. The quantitative estimate of drug-likeness (QED) is 0.00939. The number of nitrogens with two attached hydrogens (primary N) is 1. The molecule has 3 aromatic rings. The number of allylic oxidation sites excluding steroid dienone is 6. The maximum atomic E-state index is 12.6. The van der Waals surface area contributed by atoms with Crippen LogP contribution < -0.4 is 16.4 Å². The Kier molecular flexibility index (Phi) is 41.5. The fraction of sp³-hybridized carbons (Fsp3) is 0.516. The maximum absolute atomic E-state index is 12.6. The van der Waals surface area contributed by atoms with Crippen LogP contribution >= 0.6 is 0 Å². The van der Waals surface area contributed by atoms with Gasteiger partial charge in [0, 0.05) is 37.1 Å². The SMILES string of the molecule is C=C/C(C)=C/C[C@@H]1O[C@H](C)[C@H](N)C[C@@H]1C.C=C/C(C)=C/C[C@@H]1O[C@H](C)[C@H](NC(=O)/C=C\C(C)OC(=O)c2ccccc2)C[C@@H]1C.C=C[C@H]1O[C@H](CC(=O)OC)C[C@@]2(CO2)[C@@H]1O.CC(/C=C\C(=O)O)OC(=O)c1ccccc1.COC(=O)C[C@@H]1C[C@@]2(CO2)[C@H](O)[C@@H](/C=C/C(C)=C/C[C@@H]2O[C@H](C)[C@H](NC(=O)/C=C\C(C)OC(=O)c3ccccc3)C[C@@H]2C)O1. The largest absolute Gasteiger partial charge is 0.478 e. The van der Waals surface area contributed by atoms with Crippen molar-refractivity contribution in [1.29, 1.82) is 0 Å². The van der Waals surface area contributed by atoms with Crippen molar-refractivity contribution in [2.24, 2.45) is 23.5 Å². The normalized spacial score (nSPS) is 30.1. The van der Waals surface area contributed by atoms with E-state index in [1.54, 1.807) is 112 Å². The number of aliphatic hydroxyl groups excluding tert-OH is 2. The van der Waals surface area contributed by atoms with Crippen molar-refractivity contribution in [3.63, 3.8) is 0 Å². The van der Waals surface area contributed by atoms with Crippen molar-refractivity contribution in [3.8, 4) is 0 Å². The molecule has 7 aliphatic rings. The van der Waals surface area contributed by atoms with Crippen molar-refractivity contribution in [2.75, 3.05) is 27.4 Å². The molecule has 0 saturated carbocycles. The molecule has 7 heterocycles. The molecule has 7 fully saturated rings. The van der Waals surface area contributed by atoms with Gasteiger partial charge in [-0.25, -0.2) is 19.2 Å². The summed E-state index contributed by atoms with van der Waals surface area (Å²) in [7, 11) is 2.69. The van der Waals surface area contributed by atoms with Crippen molar-refractivity contribution in [2.45, 2.75) is 268 Å². The van der Waals surface area contributed by atoms with E-state index in [0.29, 0.717) is 67.1 Å². The van der Waals surface area contributed by atoms with Crippen LogP contribution in [0.1, 0.15) is 178 Å². The lowest BCUT2D eigenvalue weighted by Gasteiger charge is -2.39. The molecule has 26 heteroatoms. The molecule has 662 valence electrons. The highest BCUT2D eigenvalue weighted by molar-refractivity contribution is 5.91. The van der Waals surface area contributed by atoms with E-state index in [-0.39, 0.29) is 103 Å². The number of hydrogen-bond acceptors (Lipinski definition) is 23. The molecule has 7 N–H and O–H groups in total. The van der Waals surface area contributed by atoms with Crippen LogP contribution in [0.25, 0.3) is 0 Å². The number of rotatable bonds is 29. The lowest BCUT2D eigenvalue weighted by atomic mass is 9.87. The summed E-state index contributed by atoms with van der Waals surface area (Å²) in [6.07, 6.45) is 25.6. The van der Waals surface area contributed by atoms with Crippen molar-refractivity contribution in [3.05, 3.63) is 229 Å². The maximum Gasteiger partial charge on any atom is 0.338 e. The third kappa shape index (κ3) is 34.0. The number of methoxy groups -OCH3 is 2. The summed E-state index contributed by atoms with van der Waals surface area (Å²) in [5.41, 5.74) is 9.50. The molecule has 7 aliphatic heterocycles. The van der Waals surface area contributed by atoms with Gasteiger partial charge in [0.2, 0.25) is 11.8 Å². The van der Waals surface area contributed by atoms with Crippen LogP contribution in [0.3, 0.4) is 0 Å². The second-order valence-corrected chi connectivity index (χ2v) is 32.1. The van der Waals surface area contributed by atoms with E-state index >= 15 is 0 Å². The molecule has 7 saturated heterocycles. The fourth-order valence-electron chi connectivity index (χ4n) is 14.2. The summed E-state index contributed by atoms with van der Waals surface area (Å²) in [5.74, 6) is -2.47. The van der Waals surface area contributed by atoms with E-state index in [4.69, 9.17) is 62.9 Å². The molecule has 10 rings (SSSR count). The molecular weight excluding hydrogens is 1550 g/mol. The van der Waals surface area contributed by atoms with Crippen LogP contribution in [0.4, 0.5) is 0 Å². The Morgan fingerprint density at radius 3 is 1.18 bits per heavy atom. The van der Waals surface area contributed by atoms with Gasteiger partial charge in [-0.1, -0.05) is 154 Å². The van der Waals surface area contributed by atoms with E-state index in [1.807, 2.05) is 64.1 Å². The lowest BCUT2D eigenvalue weighted by molar-refractivity contribution is -0.158. The minimum atomic E-state index is -1.07. The van der Waals surface area contributed by atoms with Gasteiger partial charge in [-0.05, 0) is 173 Å². The topological polar surface area (TPSA) is 365 Å².